The van der Waals surface area contributed by atoms with Gasteiger partial charge in [0, 0.05) is 6.04 Å². The van der Waals surface area contributed by atoms with Crippen molar-refractivity contribution in [3.8, 4) is 0 Å². The minimum absolute atomic E-state index is 0.00851. The van der Waals surface area contributed by atoms with E-state index < -0.39 is 0 Å². The summed E-state index contributed by atoms with van der Waals surface area (Å²) >= 11 is 1.40. The lowest BCUT2D eigenvalue weighted by atomic mass is 10.4. The predicted molar refractivity (Wildman–Crippen MR) is 63.4 cm³/mol. The molecule has 0 N–H and O–H groups in total. The van der Waals surface area contributed by atoms with Crippen molar-refractivity contribution in [2.45, 2.75) is 31.5 Å². The van der Waals surface area contributed by atoms with Crippen LogP contribution < -0.4 is 0 Å². The van der Waals surface area contributed by atoms with E-state index in [1.54, 1.807) is 6.33 Å². The summed E-state index contributed by atoms with van der Waals surface area (Å²) in [5, 5.41) is 10.1. The monoisotopic (exact) mass is 256 g/mol. The molecule has 0 unspecified atom stereocenters. The first-order valence-electron chi connectivity index (χ1n) is 5.64. The zero-order valence-electron chi connectivity index (χ0n) is 10.00. The van der Waals surface area contributed by atoms with E-state index >= 15 is 0 Å². The molecule has 0 aliphatic carbocycles. The molecule has 1 aromatic rings. The second-order valence-corrected chi connectivity index (χ2v) is 5.03. The van der Waals surface area contributed by atoms with Crippen molar-refractivity contribution in [2.75, 3.05) is 18.9 Å². The van der Waals surface area contributed by atoms with Gasteiger partial charge in [-0.3, -0.25) is 9.63 Å². The van der Waals surface area contributed by atoms with Crippen molar-refractivity contribution in [3.05, 3.63) is 6.33 Å². The van der Waals surface area contributed by atoms with Gasteiger partial charge in [-0.05, 0) is 20.3 Å². The van der Waals surface area contributed by atoms with E-state index in [-0.39, 0.29) is 5.91 Å². The van der Waals surface area contributed by atoms with Gasteiger partial charge in [0.15, 0.2) is 5.16 Å². The van der Waals surface area contributed by atoms with Crippen LogP contribution in [0.4, 0.5) is 0 Å². The average molecular weight is 256 g/mol. The lowest BCUT2D eigenvalue weighted by molar-refractivity contribution is -0.165. The third-order valence-corrected chi connectivity index (χ3v) is 3.39. The maximum atomic E-state index is 11.7. The van der Waals surface area contributed by atoms with Gasteiger partial charge < -0.3 is 4.57 Å². The van der Waals surface area contributed by atoms with Gasteiger partial charge in [0.05, 0.1) is 18.9 Å². The standard InChI is InChI=1S/C10H16N4O2S/c1-8(2)13-7-11-12-10(13)17-6-9(15)14-4-3-5-16-14/h7-8H,3-6H2,1-2H3. The maximum absolute atomic E-state index is 11.7. The van der Waals surface area contributed by atoms with Gasteiger partial charge in [-0.25, -0.2) is 5.06 Å². The van der Waals surface area contributed by atoms with Gasteiger partial charge >= 0.3 is 0 Å². The third kappa shape index (κ3) is 2.98. The zero-order valence-corrected chi connectivity index (χ0v) is 10.8. The normalized spacial score (nSPS) is 15.8. The van der Waals surface area contributed by atoms with Gasteiger partial charge in [0.1, 0.15) is 6.33 Å². The number of hydroxylamine groups is 2. The smallest absolute Gasteiger partial charge is 0.256 e. The molecule has 0 spiro atoms. The Bertz CT molecular complexity index is 387. The Labute approximate surface area is 104 Å². The van der Waals surface area contributed by atoms with Gasteiger partial charge in [-0.2, -0.15) is 0 Å². The van der Waals surface area contributed by atoms with Gasteiger partial charge in [-0.1, -0.05) is 11.8 Å². The Balaban J connectivity index is 1.88. The van der Waals surface area contributed by atoms with Crippen molar-refractivity contribution >= 4 is 17.7 Å². The van der Waals surface area contributed by atoms with Crippen LogP contribution in [0, 0.1) is 0 Å². The first kappa shape index (κ1) is 12.4. The van der Waals surface area contributed by atoms with Crippen LogP contribution in [-0.2, 0) is 9.63 Å². The van der Waals surface area contributed by atoms with Crippen molar-refractivity contribution < 1.29 is 9.63 Å². The lowest BCUT2D eigenvalue weighted by Gasteiger charge is -2.13. The predicted octanol–water partition coefficient (Wildman–Crippen LogP) is 1.11. The number of rotatable bonds is 4. The van der Waals surface area contributed by atoms with Crippen LogP contribution in [0.1, 0.15) is 26.3 Å². The first-order chi connectivity index (χ1) is 8.18. The first-order valence-corrected chi connectivity index (χ1v) is 6.62. The van der Waals surface area contributed by atoms with Crippen LogP contribution in [0.25, 0.3) is 0 Å². The average Bonchev–Trinajstić information content (AvgIpc) is 2.96. The molecule has 94 valence electrons. The number of carbonyl (C=O) groups excluding carboxylic acids is 1. The summed E-state index contributed by atoms with van der Waals surface area (Å²) in [6, 6.07) is 0.297. The molecule has 1 aliphatic rings. The topological polar surface area (TPSA) is 60.2 Å². The van der Waals surface area contributed by atoms with Crippen LogP contribution >= 0.6 is 11.8 Å². The van der Waals surface area contributed by atoms with Crippen LogP contribution in [0.15, 0.2) is 11.5 Å². The Morgan fingerprint density at radius 1 is 1.65 bits per heavy atom. The van der Waals surface area contributed by atoms with E-state index in [0.29, 0.717) is 24.9 Å². The highest BCUT2D eigenvalue weighted by atomic mass is 32.2. The Morgan fingerprint density at radius 3 is 3.12 bits per heavy atom. The van der Waals surface area contributed by atoms with E-state index in [2.05, 4.69) is 24.0 Å². The molecule has 2 rings (SSSR count). The van der Waals surface area contributed by atoms with Gasteiger partial charge in [-0.15, -0.1) is 10.2 Å². The van der Waals surface area contributed by atoms with E-state index in [1.165, 1.54) is 16.8 Å². The fourth-order valence-corrected chi connectivity index (χ4v) is 2.44. The number of thioether (sulfide) groups is 1. The molecule has 1 amide bonds. The Morgan fingerprint density at radius 2 is 2.47 bits per heavy atom. The highest BCUT2D eigenvalue weighted by molar-refractivity contribution is 7.99. The fraction of sp³-hybridized carbons (Fsp3) is 0.700. The van der Waals surface area contributed by atoms with Gasteiger partial charge in [0.2, 0.25) is 0 Å². The number of hydrogen-bond donors (Lipinski definition) is 0. The molecular weight excluding hydrogens is 240 g/mol. The highest BCUT2D eigenvalue weighted by Gasteiger charge is 2.20. The third-order valence-electron chi connectivity index (χ3n) is 2.45. The number of aromatic nitrogens is 3. The molecule has 0 aromatic carbocycles. The summed E-state index contributed by atoms with van der Waals surface area (Å²) in [5.74, 6) is 0.330. The van der Waals surface area contributed by atoms with E-state index in [4.69, 9.17) is 4.84 Å². The van der Waals surface area contributed by atoms with Crippen LogP contribution in [0.5, 0.6) is 0 Å². The molecule has 0 bridgehead atoms. The summed E-state index contributed by atoms with van der Waals surface area (Å²) in [6.07, 6.45) is 2.60. The number of hydrogen-bond acceptors (Lipinski definition) is 5. The maximum Gasteiger partial charge on any atom is 0.256 e. The summed E-state index contributed by atoms with van der Waals surface area (Å²) < 4.78 is 1.95. The molecule has 0 atom stereocenters. The van der Waals surface area contributed by atoms with Crippen molar-refractivity contribution in [2.24, 2.45) is 0 Å². The SMILES string of the molecule is CC(C)n1cnnc1SCC(=O)N1CCCO1. The Hall–Kier alpha value is -1.08. The molecule has 2 heterocycles. The Kier molecular flexibility index (Phi) is 4.01. The van der Waals surface area contributed by atoms with E-state index in [9.17, 15) is 4.79 Å². The summed E-state index contributed by atoms with van der Waals surface area (Å²) in [6.45, 7) is 5.44. The second kappa shape index (κ2) is 5.50. The number of nitrogens with zero attached hydrogens (tertiary/aromatic N) is 4. The van der Waals surface area contributed by atoms with Crippen molar-refractivity contribution in [3.63, 3.8) is 0 Å². The molecule has 1 aliphatic heterocycles. The number of amides is 1. The van der Waals surface area contributed by atoms with Crippen molar-refractivity contribution in [1.82, 2.24) is 19.8 Å². The zero-order chi connectivity index (χ0) is 12.3. The summed E-state index contributed by atoms with van der Waals surface area (Å²) in [7, 11) is 0. The minimum Gasteiger partial charge on any atom is -0.306 e. The lowest BCUT2D eigenvalue weighted by Crippen LogP contribution is -2.28. The molecule has 1 saturated heterocycles. The molecule has 0 radical (unpaired) electrons. The highest BCUT2D eigenvalue weighted by Crippen LogP contribution is 2.19. The van der Waals surface area contributed by atoms with Crippen LogP contribution in [0.3, 0.4) is 0 Å². The largest absolute Gasteiger partial charge is 0.306 e. The van der Waals surface area contributed by atoms with Crippen LogP contribution in [0.2, 0.25) is 0 Å². The molecule has 17 heavy (non-hydrogen) atoms. The summed E-state index contributed by atoms with van der Waals surface area (Å²) in [5.41, 5.74) is 0. The molecule has 0 saturated carbocycles. The van der Waals surface area contributed by atoms with Gasteiger partial charge in [0.25, 0.3) is 5.91 Å². The fourth-order valence-electron chi connectivity index (χ4n) is 1.53. The molecular formula is C10H16N4O2S. The summed E-state index contributed by atoms with van der Waals surface area (Å²) in [4.78, 5) is 16.9. The van der Waals surface area contributed by atoms with Crippen molar-refractivity contribution in [1.29, 1.82) is 0 Å². The molecule has 1 fully saturated rings. The molecule has 1 aromatic heterocycles. The molecule has 7 heteroatoms. The quantitative estimate of drug-likeness (QED) is 0.755. The van der Waals surface area contributed by atoms with Crippen LogP contribution in [-0.4, -0.2) is 44.6 Å². The second-order valence-electron chi connectivity index (χ2n) is 4.09. The molecule has 6 nitrogen and oxygen atoms in total. The van der Waals surface area contributed by atoms with E-state index in [1.807, 2.05) is 4.57 Å². The number of carbonyl (C=O) groups is 1. The van der Waals surface area contributed by atoms with E-state index in [0.717, 1.165) is 11.6 Å². The minimum atomic E-state index is -0.00851.